The van der Waals surface area contributed by atoms with Crippen LogP contribution in [-0.4, -0.2) is 13.1 Å². The molecule has 1 fully saturated rings. The lowest BCUT2D eigenvalue weighted by atomic mass is 10.1. The van der Waals surface area contributed by atoms with E-state index in [-0.39, 0.29) is 0 Å². The van der Waals surface area contributed by atoms with E-state index in [4.69, 9.17) is 0 Å². The van der Waals surface area contributed by atoms with Gasteiger partial charge in [-0.05, 0) is 48.1 Å². The molecule has 0 aliphatic heterocycles. The molecule has 3 rings (SSSR count). The van der Waals surface area contributed by atoms with Crippen LogP contribution in [-0.2, 0) is 13.1 Å². The van der Waals surface area contributed by atoms with Crippen molar-refractivity contribution < 1.29 is 0 Å². The zero-order chi connectivity index (χ0) is 13.9. The fraction of sp³-hybridized carbons (Fsp3) is 0.375. The van der Waals surface area contributed by atoms with Gasteiger partial charge in [-0.2, -0.15) is 0 Å². The van der Waals surface area contributed by atoms with Gasteiger partial charge in [-0.1, -0.05) is 22.0 Å². The van der Waals surface area contributed by atoms with E-state index in [1.54, 1.807) is 0 Å². The van der Waals surface area contributed by atoms with Crippen LogP contribution < -0.4 is 10.2 Å². The summed E-state index contributed by atoms with van der Waals surface area (Å²) in [7, 11) is 2.17. The smallest absolute Gasteiger partial charge is 0.0519 e. The molecular formula is C16H19BrN2S. The van der Waals surface area contributed by atoms with E-state index in [9.17, 15) is 0 Å². The number of hydrogen-bond acceptors (Lipinski definition) is 3. The molecule has 0 saturated heterocycles. The molecule has 2 aromatic rings. The third-order valence-electron chi connectivity index (χ3n) is 3.58. The Kier molecular flexibility index (Phi) is 4.44. The highest BCUT2D eigenvalue weighted by atomic mass is 79.9. The van der Waals surface area contributed by atoms with Gasteiger partial charge in [-0.25, -0.2) is 0 Å². The van der Waals surface area contributed by atoms with Crippen LogP contribution in [0.4, 0.5) is 5.69 Å². The fourth-order valence-electron chi connectivity index (χ4n) is 2.33. The number of thiophene rings is 1. The molecule has 1 saturated carbocycles. The number of hydrogen-bond donors (Lipinski definition) is 1. The predicted octanol–water partition coefficient (Wildman–Crippen LogP) is 4.40. The van der Waals surface area contributed by atoms with Crippen molar-refractivity contribution in [1.29, 1.82) is 0 Å². The molecule has 0 atom stereocenters. The number of rotatable bonds is 6. The Morgan fingerprint density at radius 2 is 2.20 bits per heavy atom. The number of halogens is 1. The first-order valence-electron chi connectivity index (χ1n) is 6.98. The van der Waals surface area contributed by atoms with Crippen LogP contribution in [0.1, 0.15) is 23.3 Å². The minimum absolute atomic E-state index is 0.740. The quantitative estimate of drug-likeness (QED) is 0.830. The molecule has 1 N–H and O–H groups in total. The van der Waals surface area contributed by atoms with E-state index >= 15 is 0 Å². The van der Waals surface area contributed by atoms with Crippen molar-refractivity contribution >= 4 is 33.0 Å². The molecule has 1 aliphatic rings. The minimum Gasteiger partial charge on any atom is -0.369 e. The van der Waals surface area contributed by atoms with Gasteiger partial charge >= 0.3 is 0 Å². The molecule has 2 nitrogen and oxygen atoms in total. The summed E-state index contributed by atoms with van der Waals surface area (Å²) in [6.45, 7) is 1.92. The molecule has 0 radical (unpaired) electrons. The molecule has 0 spiro atoms. The van der Waals surface area contributed by atoms with Crippen LogP contribution in [0.25, 0.3) is 0 Å². The van der Waals surface area contributed by atoms with Gasteiger partial charge in [-0.15, -0.1) is 11.3 Å². The number of benzene rings is 1. The maximum atomic E-state index is 3.61. The predicted molar refractivity (Wildman–Crippen MR) is 90.4 cm³/mol. The average Bonchev–Trinajstić information content (AvgIpc) is 3.13. The lowest BCUT2D eigenvalue weighted by Crippen LogP contribution is -2.21. The highest BCUT2D eigenvalue weighted by molar-refractivity contribution is 9.10. The highest BCUT2D eigenvalue weighted by Gasteiger charge is 2.21. The lowest BCUT2D eigenvalue weighted by molar-refractivity contribution is 0.685. The first-order valence-corrected chi connectivity index (χ1v) is 8.65. The second-order valence-corrected chi connectivity index (χ2v) is 7.31. The second kappa shape index (κ2) is 6.29. The summed E-state index contributed by atoms with van der Waals surface area (Å²) in [4.78, 5) is 3.74. The summed E-state index contributed by atoms with van der Waals surface area (Å²) in [6.07, 6.45) is 2.66. The largest absolute Gasteiger partial charge is 0.369 e. The van der Waals surface area contributed by atoms with E-state index < -0.39 is 0 Å². The van der Waals surface area contributed by atoms with E-state index in [0.717, 1.165) is 23.6 Å². The monoisotopic (exact) mass is 350 g/mol. The first kappa shape index (κ1) is 14.1. The SMILES string of the molecule is CN(Cc1cccs1)c1ccc(Br)cc1CNC1CC1. The summed E-state index contributed by atoms with van der Waals surface area (Å²) in [5.41, 5.74) is 2.68. The van der Waals surface area contributed by atoms with Crippen molar-refractivity contribution in [1.82, 2.24) is 5.32 Å². The van der Waals surface area contributed by atoms with E-state index in [0.29, 0.717) is 0 Å². The summed E-state index contributed by atoms with van der Waals surface area (Å²) in [5.74, 6) is 0. The molecule has 20 heavy (non-hydrogen) atoms. The summed E-state index contributed by atoms with van der Waals surface area (Å²) in [5, 5.41) is 5.75. The number of nitrogens with zero attached hydrogens (tertiary/aromatic N) is 1. The highest BCUT2D eigenvalue weighted by Crippen LogP contribution is 2.27. The first-order chi connectivity index (χ1) is 9.72. The van der Waals surface area contributed by atoms with Crippen molar-refractivity contribution in [3.05, 3.63) is 50.6 Å². The van der Waals surface area contributed by atoms with Crippen LogP contribution >= 0.6 is 27.3 Å². The molecule has 4 heteroatoms. The van der Waals surface area contributed by atoms with Gasteiger partial charge in [0, 0.05) is 34.7 Å². The van der Waals surface area contributed by atoms with E-state index in [1.165, 1.54) is 29.0 Å². The van der Waals surface area contributed by atoms with Crippen molar-refractivity contribution in [3.63, 3.8) is 0 Å². The van der Waals surface area contributed by atoms with Crippen molar-refractivity contribution in [2.75, 3.05) is 11.9 Å². The van der Waals surface area contributed by atoms with Gasteiger partial charge in [0.1, 0.15) is 0 Å². The number of nitrogens with one attached hydrogen (secondary N) is 1. The van der Waals surface area contributed by atoms with Crippen molar-refractivity contribution in [2.24, 2.45) is 0 Å². The Bertz CT molecular complexity index is 564. The topological polar surface area (TPSA) is 15.3 Å². The third-order valence-corrected chi connectivity index (χ3v) is 4.94. The third kappa shape index (κ3) is 3.62. The van der Waals surface area contributed by atoms with Gasteiger partial charge in [0.25, 0.3) is 0 Å². The van der Waals surface area contributed by atoms with Gasteiger partial charge in [0.2, 0.25) is 0 Å². The Morgan fingerprint density at radius 1 is 1.35 bits per heavy atom. The molecule has 1 heterocycles. The maximum absolute atomic E-state index is 3.61. The molecule has 0 amide bonds. The van der Waals surface area contributed by atoms with Gasteiger partial charge in [-0.3, -0.25) is 0 Å². The van der Waals surface area contributed by atoms with Crippen LogP contribution in [0, 0.1) is 0 Å². The summed E-state index contributed by atoms with van der Waals surface area (Å²) < 4.78 is 1.15. The standard InChI is InChI=1S/C16H19BrN2S/c1-19(11-15-3-2-8-20-15)16-7-4-13(17)9-12(16)10-18-14-5-6-14/h2-4,7-9,14,18H,5-6,10-11H2,1H3. The molecule has 1 aromatic carbocycles. The summed E-state index contributed by atoms with van der Waals surface area (Å²) >= 11 is 5.40. The minimum atomic E-state index is 0.740. The molecule has 0 unspecified atom stereocenters. The Balaban J connectivity index is 1.75. The lowest BCUT2D eigenvalue weighted by Gasteiger charge is -2.22. The van der Waals surface area contributed by atoms with Gasteiger partial charge < -0.3 is 10.2 Å². The molecule has 0 bridgehead atoms. The van der Waals surface area contributed by atoms with Crippen LogP contribution in [0.15, 0.2) is 40.2 Å². The van der Waals surface area contributed by atoms with Crippen molar-refractivity contribution in [3.8, 4) is 0 Å². The molecule has 1 aromatic heterocycles. The van der Waals surface area contributed by atoms with Gasteiger partial charge in [0.15, 0.2) is 0 Å². The van der Waals surface area contributed by atoms with E-state index in [1.807, 2.05) is 11.3 Å². The fourth-order valence-corrected chi connectivity index (χ4v) is 3.50. The normalized spacial score (nSPS) is 14.5. The van der Waals surface area contributed by atoms with Crippen LogP contribution in [0.3, 0.4) is 0 Å². The van der Waals surface area contributed by atoms with E-state index in [2.05, 4.69) is 68.9 Å². The zero-order valence-electron chi connectivity index (χ0n) is 11.6. The van der Waals surface area contributed by atoms with Crippen LogP contribution in [0.2, 0.25) is 0 Å². The van der Waals surface area contributed by atoms with Crippen molar-refractivity contribution in [2.45, 2.75) is 32.0 Å². The molecule has 106 valence electrons. The molecule has 1 aliphatic carbocycles. The maximum Gasteiger partial charge on any atom is 0.0519 e. The second-order valence-electron chi connectivity index (χ2n) is 5.36. The summed E-state index contributed by atoms with van der Waals surface area (Å²) in [6, 6.07) is 11.6. The van der Waals surface area contributed by atoms with Crippen LogP contribution in [0.5, 0.6) is 0 Å². The average molecular weight is 351 g/mol. The molecular weight excluding hydrogens is 332 g/mol. The number of anilines is 1. The van der Waals surface area contributed by atoms with Gasteiger partial charge in [0.05, 0.1) is 6.54 Å². The Hall–Kier alpha value is -0.840. The Labute approximate surface area is 132 Å². The Morgan fingerprint density at radius 3 is 2.90 bits per heavy atom. The zero-order valence-corrected chi connectivity index (χ0v) is 14.0.